The van der Waals surface area contributed by atoms with Crippen LogP contribution in [0.15, 0.2) is 58.6 Å². The number of aromatic amines is 2. The van der Waals surface area contributed by atoms with Crippen LogP contribution in [0.3, 0.4) is 0 Å². The molecular formula is C22H18F3N7O2. The van der Waals surface area contributed by atoms with E-state index in [-0.39, 0.29) is 5.52 Å². The molecule has 1 saturated carbocycles. The molecule has 4 aromatic heterocycles. The van der Waals surface area contributed by atoms with Crippen molar-refractivity contribution in [2.75, 3.05) is 0 Å². The molecule has 0 bridgehead atoms. The smallest absolute Gasteiger partial charge is 0.313 e. The number of H-pyrrole nitrogens is 2. The van der Waals surface area contributed by atoms with E-state index in [9.17, 15) is 22.8 Å². The lowest BCUT2D eigenvalue weighted by atomic mass is 10.1. The molecule has 34 heavy (non-hydrogen) atoms. The molecule has 5 aromatic rings. The van der Waals surface area contributed by atoms with Crippen LogP contribution in [-0.4, -0.2) is 40.8 Å². The highest BCUT2D eigenvalue weighted by Gasteiger charge is 2.27. The summed E-state index contributed by atoms with van der Waals surface area (Å²) in [6.07, 6.45) is 5.95. The van der Waals surface area contributed by atoms with Crippen LogP contribution in [0.5, 0.6) is 0 Å². The Balaban J connectivity index is 0.000000152. The number of benzene rings is 1. The molecule has 0 amide bonds. The Morgan fingerprint density at radius 3 is 2.76 bits per heavy atom. The van der Waals surface area contributed by atoms with Crippen molar-refractivity contribution < 1.29 is 13.2 Å². The summed E-state index contributed by atoms with van der Waals surface area (Å²) < 4.78 is 40.0. The summed E-state index contributed by atoms with van der Waals surface area (Å²) in [5.41, 5.74) is 1.99. The van der Waals surface area contributed by atoms with E-state index in [4.69, 9.17) is 0 Å². The maximum absolute atomic E-state index is 13.2. The average molecular weight is 469 g/mol. The maximum atomic E-state index is 13.2. The van der Waals surface area contributed by atoms with E-state index in [2.05, 4.69) is 25.1 Å². The molecule has 1 fully saturated rings. The number of halogens is 3. The molecule has 1 aromatic carbocycles. The second-order valence-corrected chi connectivity index (χ2v) is 7.84. The van der Waals surface area contributed by atoms with Gasteiger partial charge in [0.05, 0.1) is 17.5 Å². The first kappa shape index (κ1) is 21.6. The molecule has 9 nitrogen and oxygen atoms in total. The second-order valence-electron chi connectivity index (χ2n) is 7.84. The predicted molar refractivity (Wildman–Crippen MR) is 117 cm³/mol. The Hall–Kier alpha value is -4.22. The number of fused-ring (bicyclic) bond motifs is 2. The van der Waals surface area contributed by atoms with Gasteiger partial charge in [-0.25, -0.2) is 27.5 Å². The Kier molecular flexibility index (Phi) is 5.48. The number of alkyl halides is 2. The monoisotopic (exact) mass is 469 g/mol. The number of rotatable bonds is 4. The van der Waals surface area contributed by atoms with Crippen LogP contribution in [-0.2, 0) is 6.54 Å². The number of nitrogens with zero attached hydrogens (tertiary/aromatic N) is 5. The van der Waals surface area contributed by atoms with E-state index in [1.165, 1.54) is 24.5 Å². The standard InChI is InChI=1S/C13H11N5O2.C9H7F3N2/c19-12-9(6-15-13(20)16-12)10-5-8(7-1-2-7)11-14-3-4-18(11)17-10;10-7-3-1-2-6-4-13-14(9(6)7)5-8(11)12/h3-7H,1-2H2,(H2,15,16,19,20);1-4,8H,5H2. The number of aromatic nitrogens is 7. The first-order valence-electron chi connectivity index (χ1n) is 10.5. The summed E-state index contributed by atoms with van der Waals surface area (Å²) >= 11 is 0. The molecule has 0 saturated heterocycles. The molecular weight excluding hydrogens is 451 g/mol. The van der Waals surface area contributed by atoms with Gasteiger partial charge in [-0.05, 0) is 30.9 Å². The molecule has 0 radical (unpaired) electrons. The van der Waals surface area contributed by atoms with E-state index in [1.54, 1.807) is 23.0 Å². The third-order valence-electron chi connectivity index (χ3n) is 5.42. The van der Waals surface area contributed by atoms with Crippen molar-refractivity contribution in [2.45, 2.75) is 31.7 Å². The van der Waals surface area contributed by atoms with Crippen LogP contribution in [0.2, 0.25) is 0 Å². The average Bonchev–Trinajstić information content (AvgIpc) is 3.39. The lowest BCUT2D eigenvalue weighted by Gasteiger charge is -2.05. The second kappa shape index (κ2) is 8.61. The zero-order valence-electron chi connectivity index (χ0n) is 17.6. The highest BCUT2D eigenvalue weighted by Crippen LogP contribution is 2.42. The first-order valence-corrected chi connectivity index (χ1v) is 10.5. The van der Waals surface area contributed by atoms with Crippen LogP contribution in [0.1, 0.15) is 24.3 Å². The fourth-order valence-electron chi connectivity index (χ4n) is 3.73. The molecule has 0 unspecified atom stereocenters. The van der Waals surface area contributed by atoms with Gasteiger partial charge in [0.15, 0.2) is 5.65 Å². The Bertz CT molecular complexity index is 1600. The fourth-order valence-corrected chi connectivity index (χ4v) is 3.73. The van der Waals surface area contributed by atoms with Crippen LogP contribution in [0.4, 0.5) is 13.2 Å². The predicted octanol–water partition coefficient (Wildman–Crippen LogP) is 3.09. The number of nitrogens with one attached hydrogen (secondary N) is 2. The van der Waals surface area contributed by atoms with Gasteiger partial charge in [-0.1, -0.05) is 12.1 Å². The van der Waals surface area contributed by atoms with Crippen molar-refractivity contribution in [3.05, 3.63) is 81.3 Å². The fraction of sp³-hybridized carbons (Fsp3) is 0.227. The van der Waals surface area contributed by atoms with Crippen molar-refractivity contribution >= 4 is 16.6 Å². The third kappa shape index (κ3) is 4.21. The van der Waals surface area contributed by atoms with Gasteiger partial charge in [-0.3, -0.25) is 14.5 Å². The van der Waals surface area contributed by atoms with Crippen molar-refractivity contribution in [3.63, 3.8) is 0 Å². The summed E-state index contributed by atoms with van der Waals surface area (Å²) in [5.74, 6) is -0.0378. The molecule has 174 valence electrons. The minimum Gasteiger partial charge on any atom is -0.313 e. The summed E-state index contributed by atoms with van der Waals surface area (Å²) in [4.78, 5) is 31.9. The van der Waals surface area contributed by atoms with E-state index in [0.29, 0.717) is 22.6 Å². The van der Waals surface area contributed by atoms with Gasteiger partial charge in [0.25, 0.3) is 12.0 Å². The quantitative estimate of drug-likeness (QED) is 0.420. The molecule has 12 heteroatoms. The van der Waals surface area contributed by atoms with Gasteiger partial charge in [-0.15, -0.1) is 0 Å². The molecule has 2 N–H and O–H groups in total. The number of hydrogen-bond donors (Lipinski definition) is 2. The lowest BCUT2D eigenvalue weighted by Crippen LogP contribution is -2.23. The van der Waals surface area contributed by atoms with Crippen molar-refractivity contribution in [1.29, 1.82) is 0 Å². The van der Waals surface area contributed by atoms with E-state index < -0.39 is 30.0 Å². The third-order valence-corrected chi connectivity index (χ3v) is 5.42. The topological polar surface area (TPSA) is 114 Å². The van der Waals surface area contributed by atoms with Gasteiger partial charge in [0.1, 0.15) is 17.9 Å². The van der Waals surface area contributed by atoms with Crippen molar-refractivity contribution in [2.24, 2.45) is 0 Å². The maximum Gasteiger partial charge on any atom is 0.325 e. The van der Waals surface area contributed by atoms with Crippen LogP contribution < -0.4 is 11.2 Å². The van der Waals surface area contributed by atoms with Crippen LogP contribution >= 0.6 is 0 Å². The Labute approximate surface area is 188 Å². The molecule has 0 spiro atoms. The molecule has 1 aliphatic rings. The minimum absolute atomic E-state index is 0.132. The van der Waals surface area contributed by atoms with Gasteiger partial charge in [0, 0.05) is 29.5 Å². The van der Waals surface area contributed by atoms with Gasteiger partial charge < -0.3 is 4.98 Å². The Morgan fingerprint density at radius 1 is 1.21 bits per heavy atom. The van der Waals surface area contributed by atoms with Gasteiger partial charge >= 0.3 is 5.69 Å². The summed E-state index contributed by atoms with van der Waals surface area (Å²) in [5, 5.41) is 8.60. The highest BCUT2D eigenvalue weighted by molar-refractivity contribution is 5.79. The highest BCUT2D eigenvalue weighted by atomic mass is 19.3. The summed E-state index contributed by atoms with van der Waals surface area (Å²) in [6.45, 7) is -0.579. The number of para-hydroxylation sites is 1. The minimum atomic E-state index is -2.53. The first-order chi connectivity index (χ1) is 16.4. The number of imidazole rings is 1. The molecule has 4 heterocycles. The molecule has 6 rings (SSSR count). The SMILES string of the molecule is Fc1cccc2cnn(CC(F)F)c12.O=c1[nH]cc(-c2cc(C3CC3)c3nccn3n2)c(=O)[nH]1. The Morgan fingerprint density at radius 2 is 2.03 bits per heavy atom. The summed E-state index contributed by atoms with van der Waals surface area (Å²) in [6, 6.07) is 6.27. The van der Waals surface area contributed by atoms with Crippen molar-refractivity contribution in [3.8, 4) is 11.3 Å². The molecule has 0 aliphatic heterocycles. The van der Waals surface area contributed by atoms with E-state index in [1.807, 2.05) is 6.07 Å². The summed E-state index contributed by atoms with van der Waals surface area (Å²) in [7, 11) is 0. The zero-order valence-corrected chi connectivity index (χ0v) is 17.6. The van der Waals surface area contributed by atoms with Gasteiger partial charge in [-0.2, -0.15) is 10.2 Å². The zero-order chi connectivity index (χ0) is 23.8. The molecule has 0 atom stereocenters. The largest absolute Gasteiger partial charge is 0.325 e. The van der Waals surface area contributed by atoms with Gasteiger partial charge in [0.2, 0.25) is 0 Å². The van der Waals surface area contributed by atoms with E-state index in [0.717, 1.165) is 28.7 Å². The molecule has 1 aliphatic carbocycles. The van der Waals surface area contributed by atoms with E-state index >= 15 is 0 Å². The lowest BCUT2D eigenvalue weighted by molar-refractivity contribution is 0.123. The van der Waals surface area contributed by atoms with Crippen molar-refractivity contribution in [1.82, 2.24) is 34.3 Å². The normalized spacial score (nSPS) is 13.4. The van der Waals surface area contributed by atoms with Crippen LogP contribution in [0.25, 0.3) is 27.8 Å². The van der Waals surface area contributed by atoms with Crippen LogP contribution in [0, 0.1) is 5.82 Å². The number of hydrogen-bond acceptors (Lipinski definition) is 5.